The molecule has 0 aromatic rings. The van der Waals surface area contributed by atoms with Crippen molar-refractivity contribution in [3.63, 3.8) is 0 Å². The van der Waals surface area contributed by atoms with Crippen LogP contribution in [-0.4, -0.2) is 41.8 Å². The molecule has 1 heterocycles. The van der Waals surface area contributed by atoms with Crippen LogP contribution in [-0.2, 0) is 14.3 Å². The highest BCUT2D eigenvalue weighted by molar-refractivity contribution is 5.75. The molecule has 0 aliphatic carbocycles. The van der Waals surface area contributed by atoms with Crippen LogP contribution in [0.15, 0.2) is 37.0 Å². The first-order valence-electron chi connectivity index (χ1n) is 9.32. The van der Waals surface area contributed by atoms with Gasteiger partial charge < -0.3 is 14.4 Å². The first kappa shape index (κ1) is 22.0. The average molecular weight is 363 g/mol. The molecule has 0 saturated heterocycles. The molecule has 5 nitrogen and oxygen atoms in total. The van der Waals surface area contributed by atoms with E-state index in [0.29, 0.717) is 32.4 Å². The van der Waals surface area contributed by atoms with Gasteiger partial charge in [0.15, 0.2) is 0 Å². The zero-order chi connectivity index (χ0) is 19.7. The minimum atomic E-state index is -0.605. The van der Waals surface area contributed by atoms with E-state index in [0.717, 1.165) is 12.0 Å². The van der Waals surface area contributed by atoms with Crippen molar-refractivity contribution in [3.8, 4) is 0 Å². The van der Waals surface area contributed by atoms with Crippen LogP contribution >= 0.6 is 0 Å². The molecule has 146 valence electrons. The molecule has 0 unspecified atom stereocenters. The van der Waals surface area contributed by atoms with Gasteiger partial charge in [-0.2, -0.15) is 0 Å². The molecule has 0 radical (unpaired) electrons. The molecule has 1 aliphatic heterocycles. The normalized spacial score (nSPS) is 19.0. The Kier molecular flexibility index (Phi) is 8.62. The SMILES string of the molecule is C=CCC[C@@H](C(=O)OCC)[C@@H]1CCC=C(C=C)CN1C(=O)OC(C)(C)C. The van der Waals surface area contributed by atoms with Gasteiger partial charge in [0.1, 0.15) is 5.60 Å². The monoisotopic (exact) mass is 363 g/mol. The number of hydrogen-bond acceptors (Lipinski definition) is 4. The Morgan fingerprint density at radius 1 is 1.38 bits per heavy atom. The van der Waals surface area contributed by atoms with E-state index in [1.807, 2.05) is 20.8 Å². The fourth-order valence-corrected chi connectivity index (χ4v) is 3.07. The maximum absolute atomic E-state index is 12.9. The summed E-state index contributed by atoms with van der Waals surface area (Å²) in [7, 11) is 0. The van der Waals surface area contributed by atoms with Crippen LogP contribution in [0.4, 0.5) is 4.79 Å². The summed E-state index contributed by atoms with van der Waals surface area (Å²) < 4.78 is 10.9. The zero-order valence-electron chi connectivity index (χ0n) is 16.6. The number of carbonyl (C=O) groups is 2. The molecule has 0 aromatic heterocycles. The van der Waals surface area contributed by atoms with Crippen molar-refractivity contribution in [2.24, 2.45) is 5.92 Å². The third kappa shape index (κ3) is 6.70. The van der Waals surface area contributed by atoms with Crippen LogP contribution in [0.25, 0.3) is 0 Å². The molecule has 0 saturated carbocycles. The highest BCUT2D eigenvalue weighted by atomic mass is 16.6. The second kappa shape index (κ2) is 10.2. The number of nitrogens with zero attached hydrogens (tertiary/aromatic N) is 1. The van der Waals surface area contributed by atoms with E-state index in [4.69, 9.17) is 9.47 Å². The molecule has 2 atom stereocenters. The summed E-state index contributed by atoms with van der Waals surface area (Å²) in [6, 6.07) is -0.280. The molecule has 0 spiro atoms. The maximum Gasteiger partial charge on any atom is 0.410 e. The quantitative estimate of drug-likeness (QED) is 0.488. The number of allylic oxidation sites excluding steroid dienone is 2. The third-order valence-corrected chi connectivity index (χ3v) is 4.25. The number of carbonyl (C=O) groups excluding carboxylic acids is 2. The average Bonchev–Trinajstić information content (AvgIpc) is 2.76. The van der Waals surface area contributed by atoms with E-state index in [9.17, 15) is 9.59 Å². The number of amides is 1. The van der Waals surface area contributed by atoms with Gasteiger partial charge in [0.25, 0.3) is 0 Å². The largest absolute Gasteiger partial charge is 0.466 e. The first-order valence-corrected chi connectivity index (χ1v) is 9.32. The van der Waals surface area contributed by atoms with Crippen molar-refractivity contribution in [2.45, 2.75) is 65.0 Å². The lowest BCUT2D eigenvalue weighted by Crippen LogP contribution is -2.49. The van der Waals surface area contributed by atoms with Crippen LogP contribution in [0.2, 0.25) is 0 Å². The summed E-state index contributed by atoms with van der Waals surface area (Å²) in [5.41, 5.74) is 0.358. The van der Waals surface area contributed by atoms with Gasteiger partial charge in [-0.05, 0) is 59.0 Å². The summed E-state index contributed by atoms with van der Waals surface area (Å²) in [6.45, 7) is 15.6. The fraction of sp³-hybridized carbons (Fsp3) is 0.619. The van der Waals surface area contributed by atoms with Gasteiger partial charge in [0.2, 0.25) is 0 Å². The van der Waals surface area contributed by atoms with Gasteiger partial charge in [0.05, 0.1) is 12.5 Å². The van der Waals surface area contributed by atoms with E-state index in [1.54, 1.807) is 24.0 Å². The minimum absolute atomic E-state index is 0.269. The van der Waals surface area contributed by atoms with Gasteiger partial charge in [-0.25, -0.2) is 4.79 Å². The van der Waals surface area contributed by atoms with Crippen molar-refractivity contribution < 1.29 is 19.1 Å². The summed E-state index contributed by atoms with van der Waals surface area (Å²) in [5, 5.41) is 0. The highest BCUT2D eigenvalue weighted by Crippen LogP contribution is 2.28. The summed E-state index contributed by atoms with van der Waals surface area (Å²) >= 11 is 0. The predicted molar refractivity (Wildman–Crippen MR) is 104 cm³/mol. The van der Waals surface area contributed by atoms with E-state index in [1.165, 1.54) is 0 Å². The number of hydrogen-bond donors (Lipinski definition) is 0. The molecule has 26 heavy (non-hydrogen) atoms. The van der Waals surface area contributed by atoms with Crippen LogP contribution in [0.5, 0.6) is 0 Å². The molecule has 1 rings (SSSR count). The third-order valence-electron chi connectivity index (χ3n) is 4.25. The summed E-state index contributed by atoms with van der Waals surface area (Å²) in [6.07, 6.45) is 7.92. The van der Waals surface area contributed by atoms with E-state index < -0.39 is 17.6 Å². The molecular formula is C21H33NO4. The minimum Gasteiger partial charge on any atom is -0.466 e. The predicted octanol–water partition coefficient (Wildman–Crippen LogP) is 4.64. The molecule has 1 amide bonds. The molecule has 0 N–H and O–H groups in total. The Hall–Kier alpha value is -2.04. The second-order valence-corrected chi connectivity index (χ2v) is 7.46. The van der Waals surface area contributed by atoms with Crippen molar-refractivity contribution >= 4 is 12.1 Å². The highest BCUT2D eigenvalue weighted by Gasteiger charge is 2.38. The molecule has 0 fully saturated rings. The molecular weight excluding hydrogens is 330 g/mol. The van der Waals surface area contributed by atoms with Gasteiger partial charge in [-0.3, -0.25) is 4.79 Å². The van der Waals surface area contributed by atoms with Crippen LogP contribution in [0.3, 0.4) is 0 Å². The lowest BCUT2D eigenvalue weighted by atomic mass is 9.90. The lowest BCUT2D eigenvalue weighted by molar-refractivity contribution is -0.150. The zero-order valence-corrected chi connectivity index (χ0v) is 16.6. The van der Waals surface area contributed by atoms with E-state index in [2.05, 4.69) is 19.2 Å². The second-order valence-electron chi connectivity index (χ2n) is 7.46. The number of esters is 1. The summed E-state index contributed by atoms with van der Waals surface area (Å²) in [5.74, 6) is -0.673. The Morgan fingerprint density at radius 2 is 2.08 bits per heavy atom. The van der Waals surface area contributed by atoms with Crippen LogP contribution in [0, 0.1) is 5.92 Å². The van der Waals surface area contributed by atoms with Crippen molar-refractivity contribution in [1.82, 2.24) is 4.90 Å². The number of rotatable bonds is 7. The van der Waals surface area contributed by atoms with E-state index >= 15 is 0 Å². The summed E-state index contributed by atoms with van der Waals surface area (Å²) in [4.78, 5) is 27.1. The topological polar surface area (TPSA) is 55.8 Å². The Bertz CT molecular complexity index is 545. The van der Waals surface area contributed by atoms with Gasteiger partial charge in [0, 0.05) is 12.6 Å². The Labute approximate surface area is 157 Å². The smallest absolute Gasteiger partial charge is 0.410 e. The van der Waals surface area contributed by atoms with Gasteiger partial charge >= 0.3 is 12.1 Å². The molecule has 1 aliphatic rings. The Balaban J connectivity index is 3.16. The van der Waals surface area contributed by atoms with Crippen molar-refractivity contribution in [2.75, 3.05) is 13.2 Å². The van der Waals surface area contributed by atoms with Crippen LogP contribution in [0.1, 0.15) is 53.4 Å². The Morgan fingerprint density at radius 3 is 2.62 bits per heavy atom. The van der Waals surface area contributed by atoms with Gasteiger partial charge in [-0.1, -0.05) is 24.8 Å². The maximum atomic E-state index is 12.9. The van der Waals surface area contributed by atoms with Crippen molar-refractivity contribution in [1.29, 1.82) is 0 Å². The molecule has 0 bridgehead atoms. The number of ether oxygens (including phenoxy) is 2. The first-order chi connectivity index (χ1) is 12.2. The fourth-order valence-electron chi connectivity index (χ4n) is 3.07. The van der Waals surface area contributed by atoms with E-state index in [-0.39, 0.29) is 12.0 Å². The van der Waals surface area contributed by atoms with Crippen LogP contribution < -0.4 is 0 Å². The van der Waals surface area contributed by atoms with Crippen molar-refractivity contribution in [3.05, 3.63) is 37.0 Å². The lowest BCUT2D eigenvalue weighted by Gasteiger charge is -2.36. The standard InChI is InChI=1S/C21H33NO4/c1-7-10-13-17(19(23)25-9-3)18-14-11-12-16(8-2)15-22(18)20(24)26-21(4,5)6/h7-8,12,17-18H,1-2,9-11,13-15H2,3-6H3/t17-,18+/m1/s1. The molecule has 0 aromatic carbocycles. The molecule has 5 heteroatoms. The van der Waals surface area contributed by atoms with Gasteiger partial charge in [-0.15, -0.1) is 6.58 Å².